The number of primary amides is 1. The second-order valence-electron chi connectivity index (χ2n) is 4.87. The summed E-state index contributed by atoms with van der Waals surface area (Å²) in [7, 11) is 0. The van der Waals surface area contributed by atoms with Crippen LogP contribution in [0.4, 0.5) is 11.5 Å². The zero-order valence-corrected chi connectivity index (χ0v) is 12.9. The number of amides is 1. The Hall–Kier alpha value is -1.86. The standard InChI is InChI=1S/C14H21N5OS/c1-2-4-8-7-9(18-6-3-5-15)19-14-10(8)11(16)12(21-14)13(17)20/h7H,2-6,15-16H2,1H3,(H2,17,20)(H,18,19). The third kappa shape index (κ3) is 3.25. The first-order chi connectivity index (χ1) is 10.1. The number of nitrogens with zero attached hydrogens (tertiary/aromatic N) is 1. The van der Waals surface area contributed by atoms with Crippen LogP contribution in [0.15, 0.2) is 6.07 Å². The van der Waals surface area contributed by atoms with E-state index < -0.39 is 5.91 Å². The monoisotopic (exact) mass is 307 g/mol. The normalized spacial score (nSPS) is 11.0. The zero-order valence-electron chi connectivity index (χ0n) is 12.1. The molecule has 0 atom stereocenters. The van der Waals surface area contributed by atoms with E-state index in [9.17, 15) is 4.79 Å². The molecule has 0 aliphatic rings. The maximum Gasteiger partial charge on any atom is 0.260 e. The molecule has 1 amide bonds. The molecule has 0 fully saturated rings. The number of anilines is 2. The molecular formula is C14H21N5OS. The van der Waals surface area contributed by atoms with E-state index in [2.05, 4.69) is 17.2 Å². The van der Waals surface area contributed by atoms with Gasteiger partial charge >= 0.3 is 0 Å². The third-order valence-electron chi connectivity index (χ3n) is 3.21. The first kappa shape index (κ1) is 15.5. The van der Waals surface area contributed by atoms with Crippen molar-refractivity contribution in [3.63, 3.8) is 0 Å². The molecule has 0 aliphatic carbocycles. The first-order valence-electron chi connectivity index (χ1n) is 7.04. The van der Waals surface area contributed by atoms with E-state index in [4.69, 9.17) is 17.2 Å². The van der Waals surface area contributed by atoms with Crippen molar-refractivity contribution >= 4 is 39.0 Å². The minimum absolute atomic E-state index is 0.383. The van der Waals surface area contributed by atoms with E-state index in [1.54, 1.807) is 0 Å². The lowest BCUT2D eigenvalue weighted by Gasteiger charge is -2.09. The lowest BCUT2D eigenvalue weighted by atomic mass is 10.1. The summed E-state index contributed by atoms with van der Waals surface area (Å²) in [6.07, 6.45) is 2.74. The second kappa shape index (κ2) is 6.73. The SMILES string of the molecule is CCCc1cc(NCCCN)nc2sc(C(N)=O)c(N)c12. The molecule has 0 bridgehead atoms. The van der Waals surface area contributed by atoms with Crippen LogP contribution in [0.25, 0.3) is 10.2 Å². The summed E-state index contributed by atoms with van der Waals surface area (Å²) in [6, 6.07) is 2.00. The minimum Gasteiger partial charge on any atom is -0.397 e. The predicted octanol–water partition coefficient (Wildman–Crippen LogP) is 1.69. The van der Waals surface area contributed by atoms with Crippen LogP contribution in [0, 0.1) is 0 Å². The highest BCUT2D eigenvalue weighted by Gasteiger charge is 2.18. The van der Waals surface area contributed by atoms with Crippen LogP contribution in [-0.2, 0) is 6.42 Å². The quantitative estimate of drug-likeness (QED) is 0.580. The number of aryl methyl sites for hydroxylation is 1. The molecule has 2 aromatic heterocycles. The van der Waals surface area contributed by atoms with Gasteiger partial charge in [-0.25, -0.2) is 4.98 Å². The van der Waals surface area contributed by atoms with Crippen LogP contribution in [-0.4, -0.2) is 24.0 Å². The Balaban J connectivity index is 2.48. The highest BCUT2D eigenvalue weighted by atomic mass is 32.1. The largest absolute Gasteiger partial charge is 0.397 e. The van der Waals surface area contributed by atoms with Crippen molar-refractivity contribution in [3.05, 3.63) is 16.5 Å². The molecule has 0 radical (unpaired) electrons. The van der Waals surface area contributed by atoms with Gasteiger partial charge in [0, 0.05) is 11.9 Å². The molecule has 0 spiro atoms. The van der Waals surface area contributed by atoms with Crippen LogP contribution in [0.2, 0.25) is 0 Å². The molecule has 2 rings (SSSR count). The van der Waals surface area contributed by atoms with E-state index in [0.29, 0.717) is 17.1 Å². The number of hydrogen-bond donors (Lipinski definition) is 4. The van der Waals surface area contributed by atoms with Gasteiger partial charge in [0.2, 0.25) is 0 Å². The molecule has 0 aliphatic heterocycles. The van der Waals surface area contributed by atoms with Crippen LogP contribution in [0.3, 0.4) is 0 Å². The van der Waals surface area contributed by atoms with E-state index in [0.717, 1.165) is 47.4 Å². The Morgan fingerprint density at radius 2 is 2.24 bits per heavy atom. The Bertz CT molecular complexity index is 652. The van der Waals surface area contributed by atoms with Gasteiger partial charge in [0.1, 0.15) is 15.5 Å². The number of thiophene rings is 1. The van der Waals surface area contributed by atoms with Gasteiger partial charge in [-0.3, -0.25) is 4.79 Å². The topological polar surface area (TPSA) is 120 Å². The Morgan fingerprint density at radius 1 is 1.48 bits per heavy atom. The summed E-state index contributed by atoms with van der Waals surface area (Å²) in [5, 5.41) is 4.11. The lowest BCUT2D eigenvalue weighted by Crippen LogP contribution is -2.10. The number of nitrogens with one attached hydrogen (secondary N) is 1. The van der Waals surface area contributed by atoms with Gasteiger partial charge in [-0.05, 0) is 31.0 Å². The Labute approximate surface area is 127 Å². The molecule has 0 saturated carbocycles. The maximum atomic E-state index is 11.5. The van der Waals surface area contributed by atoms with Gasteiger partial charge in [-0.15, -0.1) is 11.3 Å². The zero-order chi connectivity index (χ0) is 15.4. The molecule has 0 aromatic carbocycles. The van der Waals surface area contributed by atoms with Crippen LogP contribution in [0.5, 0.6) is 0 Å². The van der Waals surface area contributed by atoms with Gasteiger partial charge in [0.05, 0.1) is 5.69 Å². The van der Waals surface area contributed by atoms with Gasteiger partial charge in [0.15, 0.2) is 0 Å². The van der Waals surface area contributed by atoms with Crippen molar-refractivity contribution < 1.29 is 4.79 Å². The third-order valence-corrected chi connectivity index (χ3v) is 4.32. The molecule has 2 heterocycles. The van der Waals surface area contributed by atoms with Crippen molar-refractivity contribution in [2.45, 2.75) is 26.2 Å². The Morgan fingerprint density at radius 3 is 2.86 bits per heavy atom. The Kier molecular flexibility index (Phi) is 4.98. The summed E-state index contributed by atoms with van der Waals surface area (Å²) >= 11 is 1.25. The summed E-state index contributed by atoms with van der Waals surface area (Å²) in [5.74, 6) is 0.284. The molecular weight excluding hydrogens is 286 g/mol. The van der Waals surface area contributed by atoms with Gasteiger partial charge in [-0.2, -0.15) is 0 Å². The van der Waals surface area contributed by atoms with Crippen LogP contribution < -0.4 is 22.5 Å². The second-order valence-corrected chi connectivity index (χ2v) is 5.87. The maximum absolute atomic E-state index is 11.5. The van der Waals surface area contributed by atoms with Gasteiger partial charge in [-0.1, -0.05) is 13.3 Å². The molecule has 7 N–H and O–H groups in total. The van der Waals surface area contributed by atoms with Crippen LogP contribution in [0.1, 0.15) is 35.0 Å². The fraction of sp³-hybridized carbons (Fsp3) is 0.429. The van der Waals surface area contributed by atoms with Crippen LogP contribution >= 0.6 is 11.3 Å². The highest BCUT2D eigenvalue weighted by molar-refractivity contribution is 7.21. The number of carbonyl (C=O) groups excluding carboxylic acids is 1. The van der Waals surface area contributed by atoms with Crippen molar-refractivity contribution in [3.8, 4) is 0 Å². The molecule has 7 heteroatoms. The minimum atomic E-state index is -0.504. The number of aromatic nitrogens is 1. The van der Waals surface area contributed by atoms with E-state index in [-0.39, 0.29) is 0 Å². The fourth-order valence-corrected chi connectivity index (χ4v) is 3.25. The summed E-state index contributed by atoms with van der Waals surface area (Å²) in [4.78, 5) is 17.1. The van der Waals surface area contributed by atoms with Gasteiger partial charge in [0.25, 0.3) is 5.91 Å². The molecule has 6 nitrogen and oxygen atoms in total. The number of pyridine rings is 1. The average Bonchev–Trinajstić information content (AvgIpc) is 2.77. The molecule has 114 valence electrons. The summed E-state index contributed by atoms with van der Waals surface area (Å²) < 4.78 is 0. The number of carbonyl (C=O) groups is 1. The fourth-order valence-electron chi connectivity index (χ4n) is 2.26. The van der Waals surface area contributed by atoms with E-state index in [1.807, 2.05) is 6.07 Å². The number of fused-ring (bicyclic) bond motifs is 1. The van der Waals surface area contributed by atoms with Crippen molar-refractivity contribution in [1.29, 1.82) is 0 Å². The molecule has 0 unspecified atom stereocenters. The number of nitrogens with two attached hydrogens (primary N) is 3. The lowest BCUT2D eigenvalue weighted by molar-refractivity contribution is 0.100. The van der Waals surface area contributed by atoms with Crippen molar-refractivity contribution in [2.75, 3.05) is 24.1 Å². The number of rotatable bonds is 7. The van der Waals surface area contributed by atoms with E-state index >= 15 is 0 Å². The number of nitrogen functional groups attached to an aromatic ring is 1. The first-order valence-corrected chi connectivity index (χ1v) is 7.85. The molecule has 21 heavy (non-hydrogen) atoms. The summed E-state index contributed by atoms with van der Waals surface area (Å²) in [6.45, 7) is 3.50. The molecule has 2 aromatic rings. The number of hydrogen-bond acceptors (Lipinski definition) is 6. The average molecular weight is 307 g/mol. The predicted molar refractivity (Wildman–Crippen MR) is 88.7 cm³/mol. The molecule has 0 saturated heterocycles. The van der Waals surface area contributed by atoms with Crippen molar-refractivity contribution in [2.24, 2.45) is 11.5 Å². The van der Waals surface area contributed by atoms with E-state index in [1.165, 1.54) is 11.3 Å². The smallest absolute Gasteiger partial charge is 0.260 e. The highest BCUT2D eigenvalue weighted by Crippen LogP contribution is 2.36. The van der Waals surface area contributed by atoms with Gasteiger partial charge < -0.3 is 22.5 Å². The van der Waals surface area contributed by atoms with Crippen molar-refractivity contribution in [1.82, 2.24) is 4.98 Å². The summed E-state index contributed by atoms with van der Waals surface area (Å²) in [5.41, 5.74) is 18.5.